The average Bonchev–Trinajstić information content (AvgIpc) is 3.17. The molecule has 7 heteroatoms. The topological polar surface area (TPSA) is 74.6 Å². The maximum Gasteiger partial charge on any atom is 0.275 e. The highest BCUT2D eigenvalue weighted by atomic mass is 16.5. The Morgan fingerprint density at radius 1 is 0.963 bits per heavy atom. The van der Waals surface area contributed by atoms with Crippen LogP contribution < -0.4 is 19.5 Å². The van der Waals surface area contributed by atoms with Crippen LogP contribution in [-0.2, 0) is 6.54 Å². The molecular formula is C20H21N3O4. The van der Waals surface area contributed by atoms with Crippen molar-refractivity contribution in [2.75, 3.05) is 21.3 Å². The lowest BCUT2D eigenvalue weighted by Crippen LogP contribution is -2.24. The van der Waals surface area contributed by atoms with Gasteiger partial charge in [0.2, 0.25) is 0 Å². The quantitative estimate of drug-likeness (QED) is 0.695. The van der Waals surface area contributed by atoms with Gasteiger partial charge in [-0.3, -0.25) is 4.79 Å². The molecule has 1 aromatic heterocycles. The molecule has 0 aliphatic heterocycles. The number of nitrogens with zero attached hydrogens (tertiary/aromatic N) is 2. The molecule has 0 spiro atoms. The van der Waals surface area contributed by atoms with Gasteiger partial charge in [0, 0.05) is 6.54 Å². The van der Waals surface area contributed by atoms with E-state index in [2.05, 4.69) is 10.4 Å². The van der Waals surface area contributed by atoms with Crippen molar-refractivity contribution in [1.29, 1.82) is 0 Å². The number of carbonyl (C=O) groups is 1. The van der Waals surface area contributed by atoms with Gasteiger partial charge in [-0.1, -0.05) is 24.3 Å². The molecule has 140 valence electrons. The minimum Gasteiger partial charge on any atom is -0.493 e. The van der Waals surface area contributed by atoms with Crippen molar-refractivity contribution in [3.63, 3.8) is 0 Å². The normalized spacial score (nSPS) is 10.3. The standard InChI is InChI=1S/C20H21N3O4/c1-25-16-10-9-14(11-17(16)26-2)12-21-20(24)19-18(27-3)13-23(22-19)15-7-5-4-6-8-15/h4-11,13H,12H2,1-3H3,(H,21,24). The summed E-state index contributed by atoms with van der Waals surface area (Å²) in [6.07, 6.45) is 1.68. The minimum absolute atomic E-state index is 0.224. The molecule has 1 heterocycles. The zero-order valence-corrected chi connectivity index (χ0v) is 15.4. The van der Waals surface area contributed by atoms with Crippen LogP contribution in [-0.4, -0.2) is 37.0 Å². The Kier molecular flexibility index (Phi) is 5.61. The molecule has 7 nitrogen and oxygen atoms in total. The van der Waals surface area contributed by atoms with Gasteiger partial charge in [-0.05, 0) is 29.8 Å². The lowest BCUT2D eigenvalue weighted by atomic mass is 10.2. The molecule has 3 aromatic rings. The molecule has 0 unspecified atom stereocenters. The summed E-state index contributed by atoms with van der Waals surface area (Å²) in [5.41, 5.74) is 1.94. The van der Waals surface area contributed by atoms with Crippen LogP contribution in [0.5, 0.6) is 17.2 Å². The molecule has 27 heavy (non-hydrogen) atoms. The van der Waals surface area contributed by atoms with Crippen molar-refractivity contribution in [1.82, 2.24) is 15.1 Å². The Labute approximate surface area is 157 Å². The predicted octanol–water partition coefficient (Wildman–Crippen LogP) is 2.83. The fourth-order valence-electron chi connectivity index (χ4n) is 2.63. The molecule has 0 bridgehead atoms. The Morgan fingerprint density at radius 2 is 1.67 bits per heavy atom. The highest BCUT2D eigenvalue weighted by Gasteiger charge is 2.18. The van der Waals surface area contributed by atoms with E-state index in [1.807, 2.05) is 42.5 Å². The molecule has 0 atom stereocenters. The summed E-state index contributed by atoms with van der Waals surface area (Å²) < 4.78 is 17.4. The maximum atomic E-state index is 12.6. The number of methoxy groups -OCH3 is 3. The number of carbonyl (C=O) groups excluding carboxylic acids is 1. The van der Waals surface area contributed by atoms with E-state index in [1.54, 1.807) is 31.2 Å². The van der Waals surface area contributed by atoms with Crippen LogP contribution in [0.4, 0.5) is 0 Å². The van der Waals surface area contributed by atoms with E-state index >= 15 is 0 Å². The summed E-state index contributed by atoms with van der Waals surface area (Å²) in [5.74, 6) is 1.33. The van der Waals surface area contributed by atoms with Crippen LogP contribution in [0, 0.1) is 0 Å². The van der Waals surface area contributed by atoms with Crippen molar-refractivity contribution in [3.8, 4) is 22.9 Å². The third-order valence-electron chi connectivity index (χ3n) is 4.04. The van der Waals surface area contributed by atoms with E-state index < -0.39 is 0 Å². The van der Waals surface area contributed by atoms with Gasteiger partial charge < -0.3 is 19.5 Å². The molecule has 0 aliphatic rings. The van der Waals surface area contributed by atoms with E-state index in [1.165, 1.54) is 7.11 Å². The number of rotatable bonds is 7. The highest BCUT2D eigenvalue weighted by molar-refractivity contribution is 5.94. The Hall–Kier alpha value is -3.48. The van der Waals surface area contributed by atoms with Crippen molar-refractivity contribution in [2.24, 2.45) is 0 Å². The molecule has 0 radical (unpaired) electrons. The number of ether oxygens (including phenoxy) is 3. The second-order valence-corrected chi connectivity index (χ2v) is 5.70. The van der Waals surface area contributed by atoms with Crippen LogP contribution in [0.2, 0.25) is 0 Å². The smallest absolute Gasteiger partial charge is 0.275 e. The van der Waals surface area contributed by atoms with E-state index in [0.29, 0.717) is 23.8 Å². The number of nitrogens with one attached hydrogen (secondary N) is 1. The number of para-hydroxylation sites is 1. The van der Waals surface area contributed by atoms with Gasteiger partial charge in [0.1, 0.15) is 0 Å². The molecule has 1 N–H and O–H groups in total. The Bertz CT molecular complexity index is 922. The molecular weight excluding hydrogens is 346 g/mol. The fraction of sp³-hybridized carbons (Fsp3) is 0.200. The first kappa shape index (κ1) is 18.3. The third kappa shape index (κ3) is 4.03. The number of aromatic nitrogens is 2. The number of amides is 1. The summed E-state index contributed by atoms with van der Waals surface area (Å²) in [6, 6.07) is 15.0. The molecule has 0 fully saturated rings. The largest absolute Gasteiger partial charge is 0.493 e. The first-order valence-electron chi connectivity index (χ1n) is 8.34. The van der Waals surface area contributed by atoms with Gasteiger partial charge in [-0.15, -0.1) is 0 Å². The second-order valence-electron chi connectivity index (χ2n) is 5.70. The number of hydrogen-bond acceptors (Lipinski definition) is 5. The van der Waals surface area contributed by atoms with Crippen LogP contribution in [0.15, 0.2) is 54.7 Å². The summed E-state index contributed by atoms with van der Waals surface area (Å²) in [6.45, 7) is 0.320. The average molecular weight is 367 g/mol. The van der Waals surface area contributed by atoms with Crippen molar-refractivity contribution in [2.45, 2.75) is 6.54 Å². The predicted molar refractivity (Wildman–Crippen MR) is 101 cm³/mol. The Morgan fingerprint density at radius 3 is 2.33 bits per heavy atom. The van der Waals surface area contributed by atoms with Gasteiger partial charge >= 0.3 is 0 Å². The zero-order chi connectivity index (χ0) is 19.2. The summed E-state index contributed by atoms with van der Waals surface area (Å²) in [5, 5.41) is 7.21. The molecule has 0 saturated heterocycles. The van der Waals surface area contributed by atoms with Crippen molar-refractivity contribution >= 4 is 5.91 Å². The minimum atomic E-state index is -0.323. The van der Waals surface area contributed by atoms with E-state index in [4.69, 9.17) is 14.2 Å². The van der Waals surface area contributed by atoms with E-state index in [0.717, 1.165) is 11.3 Å². The molecule has 2 aromatic carbocycles. The number of benzene rings is 2. The van der Waals surface area contributed by atoms with Gasteiger partial charge in [-0.25, -0.2) is 4.68 Å². The monoisotopic (exact) mass is 367 g/mol. The fourth-order valence-corrected chi connectivity index (χ4v) is 2.63. The zero-order valence-electron chi connectivity index (χ0n) is 15.4. The second kappa shape index (κ2) is 8.27. The van der Waals surface area contributed by atoms with Gasteiger partial charge in [0.15, 0.2) is 22.9 Å². The molecule has 1 amide bonds. The van der Waals surface area contributed by atoms with Gasteiger partial charge in [0.25, 0.3) is 5.91 Å². The van der Waals surface area contributed by atoms with E-state index in [-0.39, 0.29) is 11.6 Å². The van der Waals surface area contributed by atoms with Crippen molar-refractivity contribution in [3.05, 3.63) is 66.0 Å². The maximum absolute atomic E-state index is 12.6. The van der Waals surface area contributed by atoms with Gasteiger partial charge in [0.05, 0.1) is 33.2 Å². The van der Waals surface area contributed by atoms with Crippen LogP contribution in [0.3, 0.4) is 0 Å². The summed E-state index contributed by atoms with van der Waals surface area (Å²) in [7, 11) is 4.66. The van der Waals surface area contributed by atoms with Crippen LogP contribution >= 0.6 is 0 Å². The molecule has 3 rings (SSSR count). The van der Waals surface area contributed by atoms with Crippen LogP contribution in [0.1, 0.15) is 16.1 Å². The molecule has 0 aliphatic carbocycles. The first-order chi connectivity index (χ1) is 13.2. The molecule has 0 saturated carbocycles. The Balaban J connectivity index is 1.75. The van der Waals surface area contributed by atoms with Gasteiger partial charge in [-0.2, -0.15) is 5.10 Å². The lowest BCUT2D eigenvalue weighted by molar-refractivity contribution is 0.0942. The third-order valence-corrected chi connectivity index (χ3v) is 4.04. The van der Waals surface area contributed by atoms with E-state index in [9.17, 15) is 4.79 Å². The van der Waals surface area contributed by atoms with Crippen LogP contribution in [0.25, 0.3) is 5.69 Å². The van der Waals surface area contributed by atoms with Crippen molar-refractivity contribution < 1.29 is 19.0 Å². The summed E-state index contributed by atoms with van der Waals surface area (Å²) >= 11 is 0. The summed E-state index contributed by atoms with van der Waals surface area (Å²) in [4.78, 5) is 12.6. The highest BCUT2D eigenvalue weighted by Crippen LogP contribution is 2.27. The first-order valence-corrected chi connectivity index (χ1v) is 8.34. The number of hydrogen-bond donors (Lipinski definition) is 1. The lowest BCUT2D eigenvalue weighted by Gasteiger charge is -2.10. The SMILES string of the molecule is COc1ccc(CNC(=O)c2nn(-c3ccccc3)cc2OC)cc1OC.